The summed E-state index contributed by atoms with van der Waals surface area (Å²) in [5.41, 5.74) is 1.86. The highest BCUT2D eigenvalue weighted by molar-refractivity contribution is 7.91. The molecular formula is C25H28N4O4S. The topological polar surface area (TPSA) is 101 Å². The summed E-state index contributed by atoms with van der Waals surface area (Å²) in [6.45, 7) is 4.83. The molecule has 4 rings (SSSR count). The van der Waals surface area contributed by atoms with Crippen LogP contribution < -0.4 is 15.6 Å². The van der Waals surface area contributed by atoms with Crippen LogP contribution in [0.3, 0.4) is 0 Å². The van der Waals surface area contributed by atoms with Crippen LogP contribution in [0.5, 0.6) is 0 Å². The molecule has 0 aliphatic carbocycles. The number of para-hydroxylation sites is 1. The van der Waals surface area contributed by atoms with Crippen molar-refractivity contribution in [3.63, 3.8) is 0 Å². The number of rotatable bonds is 6. The van der Waals surface area contributed by atoms with Gasteiger partial charge in [0.25, 0.3) is 5.91 Å². The average molecular weight is 481 g/mol. The normalized spacial score (nSPS) is 14.7. The highest BCUT2D eigenvalue weighted by atomic mass is 32.2. The third-order valence-corrected chi connectivity index (χ3v) is 7.84. The predicted molar refractivity (Wildman–Crippen MR) is 131 cm³/mol. The summed E-state index contributed by atoms with van der Waals surface area (Å²) in [5, 5.41) is 7.30. The number of hydrogen-bond donors (Lipinski definition) is 1. The minimum absolute atomic E-state index is 0.0730. The summed E-state index contributed by atoms with van der Waals surface area (Å²) >= 11 is 0. The Kier molecular flexibility index (Phi) is 6.83. The fraction of sp³-hybridized carbons (Fsp3) is 0.320. The van der Waals surface area contributed by atoms with Gasteiger partial charge >= 0.3 is 0 Å². The first kappa shape index (κ1) is 23.7. The van der Waals surface area contributed by atoms with E-state index < -0.39 is 21.2 Å². The molecule has 1 N–H and O–H groups in total. The SMILES string of the molecule is CCS(=O)(=O)c1ccc(N2CCC(NC(=O)c3nn(-c4ccccc4)c(C)cc3=O)CC2)cc1. The van der Waals surface area contributed by atoms with Crippen LogP contribution >= 0.6 is 0 Å². The number of aryl methyl sites for hydroxylation is 1. The second kappa shape index (κ2) is 9.80. The minimum Gasteiger partial charge on any atom is -0.371 e. The Labute approximate surface area is 199 Å². The molecule has 1 fully saturated rings. The van der Waals surface area contributed by atoms with Gasteiger partial charge in [0, 0.05) is 36.6 Å². The number of benzene rings is 2. The lowest BCUT2D eigenvalue weighted by molar-refractivity contribution is 0.0923. The number of aromatic nitrogens is 2. The summed E-state index contributed by atoms with van der Waals surface area (Å²) in [6.07, 6.45) is 1.42. The van der Waals surface area contributed by atoms with Crippen LogP contribution in [-0.2, 0) is 9.84 Å². The van der Waals surface area contributed by atoms with Crippen LogP contribution in [-0.4, -0.2) is 49.0 Å². The first-order valence-corrected chi connectivity index (χ1v) is 13.0. The van der Waals surface area contributed by atoms with Crippen LogP contribution in [0.25, 0.3) is 5.69 Å². The van der Waals surface area contributed by atoms with Gasteiger partial charge in [-0.05, 0) is 56.2 Å². The number of nitrogens with zero attached hydrogens (tertiary/aromatic N) is 3. The molecule has 3 aromatic rings. The van der Waals surface area contributed by atoms with E-state index in [-0.39, 0.29) is 17.5 Å². The highest BCUT2D eigenvalue weighted by Crippen LogP contribution is 2.22. The van der Waals surface area contributed by atoms with Crippen LogP contribution in [0.1, 0.15) is 35.9 Å². The first-order chi connectivity index (χ1) is 16.3. The lowest BCUT2D eigenvalue weighted by Gasteiger charge is -2.34. The summed E-state index contributed by atoms with van der Waals surface area (Å²) in [5.74, 6) is -0.397. The van der Waals surface area contributed by atoms with Gasteiger partial charge in [0.1, 0.15) is 0 Å². The van der Waals surface area contributed by atoms with Gasteiger partial charge in [-0.25, -0.2) is 13.1 Å². The lowest BCUT2D eigenvalue weighted by atomic mass is 10.0. The Morgan fingerprint density at radius 2 is 1.68 bits per heavy atom. The first-order valence-electron chi connectivity index (χ1n) is 11.3. The van der Waals surface area contributed by atoms with E-state index in [0.29, 0.717) is 36.5 Å². The number of carbonyl (C=O) groups is 1. The molecular weight excluding hydrogens is 452 g/mol. The van der Waals surface area contributed by atoms with Crippen molar-refractivity contribution >= 4 is 21.4 Å². The fourth-order valence-corrected chi connectivity index (χ4v) is 4.99. The molecule has 1 aromatic heterocycles. The standard InChI is InChI=1S/C25H28N4O4S/c1-3-34(32,33)22-11-9-20(10-12-22)28-15-13-19(14-16-28)26-25(31)24-23(30)17-18(2)29(27-24)21-7-5-4-6-8-21/h4-12,17,19H,3,13-16H2,1-2H3,(H,26,31). The molecule has 0 atom stereocenters. The molecule has 2 heterocycles. The molecule has 0 saturated carbocycles. The summed E-state index contributed by atoms with van der Waals surface area (Å²) in [6, 6.07) is 17.7. The van der Waals surface area contributed by atoms with Gasteiger partial charge in [0.05, 0.1) is 16.3 Å². The van der Waals surface area contributed by atoms with Gasteiger partial charge in [-0.3, -0.25) is 9.59 Å². The quantitative estimate of drug-likeness (QED) is 0.582. The maximum Gasteiger partial charge on any atom is 0.276 e. The molecule has 1 aliphatic heterocycles. The molecule has 9 heteroatoms. The van der Waals surface area contributed by atoms with Crippen molar-refractivity contribution in [1.82, 2.24) is 15.1 Å². The monoisotopic (exact) mass is 480 g/mol. The van der Waals surface area contributed by atoms with Gasteiger partial charge in [-0.15, -0.1) is 0 Å². The van der Waals surface area contributed by atoms with E-state index in [4.69, 9.17) is 0 Å². The van der Waals surface area contributed by atoms with Crippen molar-refractivity contribution < 1.29 is 13.2 Å². The van der Waals surface area contributed by atoms with Crippen LogP contribution in [0.4, 0.5) is 5.69 Å². The number of piperidine rings is 1. The third kappa shape index (κ3) is 5.04. The smallest absolute Gasteiger partial charge is 0.276 e. The van der Waals surface area contributed by atoms with E-state index in [9.17, 15) is 18.0 Å². The van der Waals surface area contributed by atoms with E-state index in [1.54, 1.807) is 30.7 Å². The molecule has 0 unspecified atom stereocenters. The maximum absolute atomic E-state index is 12.9. The predicted octanol–water partition coefficient (Wildman–Crippen LogP) is 2.73. The number of anilines is 1. The third-order valence-electron chi connectivity index (χ3n) is 6.09. The summed E-state index contributed by atoms with van der Waals surface area (Å²) < 4.78 is 25.6. The number of hydrogen-bond acceptors (Lipinski definition) is 6. The van der Waals surface area contributed by atoms with Crippen molar-refractivity contribution in [3.8, 4) is 5.69 Å². The molecule has 0 radical (unpaired) electrons. The Balaban J connectivity index is 1.41. The Morgan fingerprint density at radius 3 is 2.29 bits per heavy atom. The van der Waals surface area contributed by atoms with E-state index >= 15 is 0 Å². The zero-order valence-electron chi connectivity index (χ0n) is 19.3. The molecule has 2 aromatic carbocycles. The fourth-order valence-electron chi connectivity index (χ4n) is 4.10. The number of sulfone groups is 1. The van der Waals surface area contributed by atoms with Gasteiger partial charge < -0.3 is 10.2 Å². The van der Waals surface area contributed by atoms with Crippen LogP contribution in [0, 0.1) is 6.92 Å². The second-order valence-corrected chi connectivity index (χ2v) is 10.7. The maximum atomic E-state index is 12.9. The minimum atomic E-state index is -3.22. The summed E-state index contributed by atoms with van der Waals surface area (Å²) in [7, 11) is -3.22. The Morgan fingerprint density at radius 1 is 1.03 bits per heavy atom. The van der Waals surface area contributed by atoms with E-state index in [2.05, 4.69) is 15.3 Å². The molecule has 1 aliphatic rings. The second-order valence-electron chi connectivity index (χ2n) is 8.38. The Hall–Kier alpha value is -3.46. The van der Waals surface area contributed by atoms with Crippen molar-refractivity contribution in [2.24, 2.45) is 0 Å². The molecule has 34 heavy (non-hydrogen) atoms. The van der Waals surface area contributed by atoms with Gasteiger partial charge in [-0.2, -0.15) is 5.10 Å². The van der Waals surface area contributed by atoms with Crippen molar-refractivity contribution in [1.29, 1.82) is 0 Å². The van der Waals surface area contributed by atoms with Gasteiger partial charge in [-0.1, -0.05) is 25.1 Å². The van der Waals surface area contributed by atoms with Crippen molar-refractivity contribution in [2.45, 2.75) is 37.6 Å². The van der Waals surface area contributed by atoms with Crippen LogP contribution in [0.15, 0.2) is 70.4 Å². The zero-order chi connectivity index (χ0) is 24.3. The number of amides is 1. The zero-order valence-corrected chi connectivity index (χ0v) is 20.1. The average Bonchev–Trinajstić information content (AvgIpc) is 2.85. The van der Waals surface area contributed by atoms with E-state index in [1.165, 1.54) is 6.07 Å². The van der Waals surface area contributed by atoms with Gasteiger partial charge in [0.2, 0.25) is 5.43 Å². The van der Waals surface area contributed by atoms with E-state index in [0.717, 1.165) is 11.4 Å². The van der Waals surface area contributed by atoms with Crippen molar-refractivity contribution in [3.05, 3.63) is 82.3 Å². The molecule has 1 saturated heterocycles. The molecule has 1 amide bonds. The largest absolute Gasteiger partial charge is 0.371 e. The Bertz CT molecular complexity index is 1330. The molecule has 8 nitrogen and oxygen atoms in total. The van der Waals surface area contributed by atoms with E-state index in [1.807, 2.05) is 42.5 Å². The molecule has 178 valence electrons. The van der Waals surface area contributed by atoms with Crippen LogP contribution in [0.2, 0.25) is 0 Å². The highest BCUT2D eigenvalue weighted by Gasteiger charge is 2.24. The molecule has 0 bridgehead atoms. The van der Waals surface area contributed by atoms with Gasteiger partial charge in [0.15, 0.2) is 15.5 Å². The summed E-state index contributed by atoms with van der Waals surface area (Å²) in [4.78, 5) is 27.8. The number of carbonyl (C=O) groups excluding carboxylic acids is 1. The lowest BCUT2D eigenvalue weighted by Crippen LogP contribution is -2.46. The molecule has 0 spiro atoms. The number of nitrogens with one attached hydrogen (secondary N) is 1. The van der Waals surface area contributed by atoms with Crippen molar-refractivity contribution in [2.75, 3.05) is 23.7 Å².